The molecule has 0 N–H and O–H groups in total. The molecule has 1 aliphatic rings. The normalized spacial score (nSPS) is 24.2. The average Bonchev–Trinajstić information content (AvgIpc) is 2.41. The molecule has 0 saturated carbocycles. The van der Waals surface area contributed by atoms with Crippen molar-refractivity contribution >= 4 is 11.9 Å². The molecule has 2 unspecified atom stereocenters. The summed E-state index contributed by atoms with van der Waals surface area (Å²) in [5.41, 5.74) is -0.524. The summed E-state index contributed by atoms with van der Waals surface area (Å²) in [6.45, 7) is 3.81. The topological polar surface area (TPSA) is 74.3 Å². The van der Waals surface area contributed by atoms with Gasteiger partial charge in [0.05, 0.1) is 0 Å². The number of rotatable bonds is 8. The Kier molecular flexibility index (Phi) is 7.87. The number of halogens is 1. The van der Waals surface area contributed by atoms with E-state index in [-0.39, 0.29) is 32.8 Å². The summed E-state index contributed by atoms with van der Waals surface area (Å²) in [6.07, 6.45) is -1.19. The van der Waals surface area contributed by atoms with Crippen molar-refractivity contribution < 1.29 is 32.9 Å². The van der Waals surface area contributed by atoms with Crippen LogP contribution >= 0.6 is 0 Å². The van der Waals surface area contributed by atoms with Crippen LogP contribution in [0, 0.1) is 0 Å². The van der Waals surface area contributed by atoms with Gasteiger partial charge >= 0.3 is 11.9 Å². The predicted molar refractivity (Wildman–Crippen MR) is 79.5 cm³/mol. The van der Waals surface area contributed by atoms with Crippen LogP contribution in [0.2, 0.25) is 0 Å². The number of carbonyl (C=O) groups is 2. The molecule has 0 aromatic carbocycles. The highest BCUT2D eigenvalue weighted by Crippen LogP contribution is 2.33. The van der Waals surface area contributed by atoms with Crippen molar-refractivity contribution in [1.82, 2.24) is 4.90 Å². The molecule has 7 nitrogen and oxygen atoms in total. The average molecular weight is 335 g/mol. The zero-order valence-electron chi connectivity index (χ0n) is 14.2. The minimum absolute atomic E-state index is 0.0835. The van der Waals surface area contributed by atoms with Crippen molar-refractivity contribution in [2.24, 2.45) is 0 Å². The number of methoxy groups -OCH3 is 2. The Balaban J connectivity index is 2.50. The zero-order chi connectivity index (χ0) is 17.5. The summed E-state index contributed by atoms with van der Waals surface area (Å²) >= 11 is 0. The molecule has 0 amide bonds. The molecule has 2 atom stereocenters. The van der Waals surface area contributed by atoms with Gasteiger partial charge in [-0.15, -0.1) is 0 Å². The van der Waals surface area contributed by atoms with Gasteiger partial charge in [0, 0.05) is 39.1 Å². The molecule has 0 bridgehead atoms. The van der Waals surface area contributed by atoms with Crippen molar-refractivity contribution in [3.63, 3.8) is 0 Å². The van der Waals surface area contributed by atoms with Crippen LogP contribution in [0.25, 0.3) is 0 Å². The fourth-order valence-corrected chi connectivity index (χ4v) is 2.77. The smallest absolute Gasteiger partial charge is 0.332 e. The second-order valence-electron chi connectivity index (χ2n) is 6.08. The molecule has 1 heterocycles. The fraction of sp³-hybridized carbons (Fsp3) is 0.867. The Bertz CT molecular complexity index is 403. The molecule has 1 fully saturated rings. The van der Waals surface area contributed by atoms with E-state index in [2.05, 4.69) is 4.74 Å². The van der Waals surface area contributed by atoms with Gasteiger partial charge in [-0.3, -0.25) is 4.90 Å². The maximum atomic E-state index is 14.4. The molecule has 23 heavy (non-hydrogen) atoms. The van der Waals surface area contributed by atoms with E-state index in [9.17, 15) is 14.0 Å². The van der Waals surface area contributed by atoms with Gasteiger partial charge in [-0.25, -0.2) is 14.0 Å². The van der Waals surface area contributed by atoms with Gasteiger partial charge in [0.2, 0.25) is 0 Å². The van der Waals surface area contributed by atoms with Crippen molar-refractivity contribution in [3.8, 4) is 0 Å². The lowest BCUT2D eigenvalue weighted by molar-refractivity contribution is -0.167. The Labute approximate surface area is 136 Å². The highest BCUT2D eigenvalue weighted by molar-refractivity contribution is 5.71. The van der Waals surface area contributed by atoms with Crippen molar-refractivity contribution in [1.29, 1.82) is 0 Å². The Morgan fingerprint density at radius 1 is 1.17 bits per heavy atom. The molecule has 134 valence electrons. The van der Waals surface area contributed by atoms with Crippen LogP contribution in [0.5, 0.6) is 0 Å². The molecule has 0 aliphatic carbocycles. The van der Waals surface area contributed by atoms with E-state index >= 15 is 0 Å². The molecule has 1 saturated heterocycles. The Hall–Kier alpha value is -1.25. The lowest BCUT2D eigenvalue weighted by Crippen LogP contribution is -2.57. The summed E-state index contributed by atoms with van der Waals surface area (Å²) in [7, 11) is 2.80. The number of alkyl halides is 1. The number of carbonyl (C=O) groups excluding carboxylic acids is 2. The molecule has 0 aromatic heterocycles. The predicted octanol–water partition coefficient (Wildman–Crippen LogP) is 0.904. The number of nitrogens with zero attached hydrogens (tertiary/aromatic N) is 1. The maximum absolute atomic E-state index is 14.4. The van der Waals surface area contributed by atoms with E-state index < -0.39 is 29.9 Å². The van der Waals surface area contributed by atoms with Crippen molar-refractivity contribution in [3.05, 3.63) is 0 Å². The largest absolute Gasteiger partial charge is 0.463 e. The lowest BCUT2D eigenvalue weighted by Gasteiger charge is -2.46. The van der Waals surface area contributed by atoms with E-state index in [1.807, 2.05) is 13.8 Å². The third-order valence-electron chi connectivity index (χ3n) is 3.72. The summed E-state index contributed by atoms with van der Waals surface area (Å²) in [5, 5.41) is 0. The van der Waals surface area contributed by atoms with E-state index in [1.54, 1.807) is 4.90 Å². The number of esters is 2. The molecular formula is C15H26FNO6. The summed E-state index contributed by atoms with van der Waals surface area (Å²) in [5.74, 6) is -0.980. The molecule has 0 aromatic rings. The first-order valence-corrected chi connectivity index (χ1v) is 7.54. The van der Waals surface area contributed by atoms with Crippen LogP contribution in [0.1, 0.15) is 26.7 Å². The van der Waals surface area contributed by atoms with Crippen LogP contribution in [0.3, 0.4) is 0 Å². The molecule has 0 spiro atoms. The Morgan fingerprint density at radius 2 is 1.78 bits per heavy atom. The lowest BCUT2D eigenvalue weighted by atomic mass is 9.87. The quantitative estimate of drug-likeness (QED) is 0.482. The van der Waals surface area contributed by atoms with Gasteiger partial charge in [0.25, 0.3) is 0 Å². The molecule has 0 radical (unpaired) electrons. The SMILES string of the molecule is COCC(=O)OCCN1C(F)CC(OC(=O)COC)CC1(C)C. The first kappa shape index (κ1) is 19.8. The maximum Gasteiger partial charge on any atom is 0.332 e. The van der Waals surface area contributed by atoms with Gasteiger partial charge in [-0.2, -0.15) is 0 Å². The van der Waals surface area contributed by atoms with Gasteiger partial charge in [-0.1, -0.05) is 0 Å². The molecule has 1 aliphatic heterocycles. The standard InChI is InChI=1S/C15H26FNO6/c1-15(2)8-11(23-14(19)10-21-4)7-12(16)17(15)5-6-22-13(18)9-20-3/h11-12H,5-10H2,1-4H3. The number of hydrogen-bond donors (Lipinski definition) is 0. The summed E-state index contributed by atoms with van der Waals surface area (Å²) < 4.78 is 34.0. The monoisotopic (exact) mass is 335 g/mol. The van der Waals surface area contributed by atoms with Crippen LogP contribution in [-0.4, -0.2) is 75.4 Å². The van der Waals surface area contributed by atoms with Gasteiger partial charge in [0.15, 0.2) is 6.30 Å². The van der Waals surface area contributed by atoms with Crippen LogP contribution in [-0.2, 0) is 28.5 Å². The minimum Gasteiger partial charge on any atom is -0.463 e. The number of likely N-dealkylation sites (tertiary alicyclic amines) is 1. The zero-order valence-corrected chi connectivity index (χ0v) is 14.2. The third kappa shape index (κ3) is 6.40. The van der Waals surface area contributed by atoms with Gasteiger partial charge in [0.1, 0.15) is 25.9 Å². The Morgan fingerprint density at radius 3 is 2.35 bits per heavy atom. The fourth-order valence-electron chi connectivity index (χ4n) is 2.77. The summed E-state index contributed by atoms with van der Waals surface area (Å²) in [4.78, 5) is 24.3. The minimum atomic E-state index is -1.28. The van der Waals surface area contributed by atoms with Gasteiger partial charge in [-0.05, 0) is 13.8 Å². The van der Waals surface area contributed by atoms with Crippen molar-refractivity contribution in [2.75, 3.05) is 40.6 Å². The van der Waals surface area contributed by atoms with Gasteiger partial charge < -0.3 is 18.9 Å². The molecule has 1 rings (SSSR count). The summed E-state index contributed by atoms with van der Waals surface area (Å²) in [6, 6.07) is 0. The number of piperidine rings is 1. The van der Waals surface area contributed by atoms with E-state index in [0.717, 1.165) is 0 Å². The number of hydrogen-bond acceptors (Lipinski definition) is 7. The van der Waals surface area contributed by atoms with E-state index in [4.69, 9.17) is 14.2 Å². The molecule has 8 heteroatoms. The van der Waals surface area contributed by atoms with Crippen LogP contribution < -0.4 is 0 Å². The first-order valence-electron chi connectivity index (χ1n) is 7.54. The van der Waals surface area contributed by atoms with Crippen molar-refractivity contribution in [2.45, 2.75) is 44.6 Å². The third-order valence-corrected chi connectivity index (χ3v) is 3.72. The van der Waals surface area contributed by atoms with E-state index in [0.29, 0.717) is 6.42 Å². The van der Waals surface area contributed by atoms with Crippen LogP contribution in [0.4, 0.5) is 4.39 Å². The second kappa shape index (κ2) is 9.14. The highest BCUT2D eigenvalue weighted by atomic mass is 19.1. The molecular weight excluding hydrogens is 309 g/mol. The number of ether oxygens (including phenoxy) is 4. The highest BCUT2D eigenvalue weighted by Gasteiger charge is 2.42. The van der Waals surface area contributed by atoms with Crippen LogP contribution in [0.15, 0.2) is 0 Å². The second-order valence-corrected chi connectivity index (χ2v) is 6.08. The van der Waals surface area contributed by atoms with E-state index in [1.165, 1.54) is 14.2 Å². The first-order chi connectivity index (χ1) is 10.8.